The van der Waals surface area contributed by atoms with E-state index in [4.69, 9.17) is 27.9 Å². The topological polar surface area (TPSA) is 9.23 Å². The zero-order valence-electron chi connectivity index (χ0n) is 9.76. The number of benzene rings is 1. The average Bonchev–Trinajstić information content (AvgIpc) is 2.24. The highest BCUT2D eigenvalue weighted by molar-refractivity contribution is 6.35. The van der Waals surface area contributed by atoms with E-state index in [0.29, 0.717) is 16.0 Å². The summed E-state index contributed by atoms with van der Waals surface area (Å²) in [5, 5.41) is 1.21. The Kier molecular flexibility index (Phi) is 5.17. The maximum absolute atomic E-state index is 6.09. The number of rotatable bonds is 4. The van der Waals surface area contributed by atoms with Gasteiger partial charge in [0.2, 0.25) is 0 Å². The second-order valence-corrected chi connectivity index (χ2v) is 4.56. The van der Waals surface area contributed by atoms with Gasteiger partial charge in [-0.3, -0.25) is 0 Å². The normalized spacial score (nSPS) is 13.1. The van der Waals surface area contributed by atoms with Gasteiger partial charge >= 0.3 is 0 Å². The molecule has 1 unspecified atom stereocenters. The monoisotopic (exact) mass is 258 g/mol. The van der Waals surface area contributed by atoms with Crippen LogP contribution in [-0.4, -0.2) is 7.11 Å². The Morgan fingerprint density at radius 2 is 2.06 bits per heavy atom. The third-order valence-electron chi connectivity index (χ3n) is 2.50. The van der Waals surface area contributed by atoms with Gasteiger partial charge in [-0.1, -0.05) is 42.3 Å². The molecule has 0 heterocycles. The fourth-order valence-corrected chi connectivity index (χ4v) is 2.22. The van der Waals surface area contributed by atoms with Crippen molar-refractivity contribution in [3.05, 3.63) is 39.9 Å². The Morgan fingerprint density at radius 1 is 1.38 bits per heavy atom. The number of ether oxygens (including phenoxy) is 1. The van der Waals surface area contributed by atoms with Gasteiger partial charge in [-0.05, 0) is 31.4 Å². The van der Waals surface area contributed by atoms with Crippen LogP contribution in [0.1, 0.15) is 31.7 Å². The molecule has 0 aromatic heterocycles. The lowest BCUT2D eigenvalue weighted by molar-refractivity contribution is 0.407. The third kappa shape index (κ3) is 3.16. The lowest BCUT2D eigenvalue weighted by atomic mass is 9.96. The summed E-state index contributed by atoms with van der Waals surface area (Å²) in [7, 11) is 1.63. The zero-order chi connectivity index (χ0) is 12.1. The van der Waals surface area contributed by atoms with Crippen LogP contribution in [0.25, 0.3) is 0 Å². The fourth-order valence-electron chi connectivity index (χ4n) is 1.63. The van der Waals surface area contributed by atoms with Crippen LogP contribution in [0.2, 0.25) is 10.0 Å². The van der Waals surface area contributed by atoms with Crippen LogP contribution in [0, 0.1) is 0 Å². The second-order valence-electron chi connectivity index (χ2n) is 3.72. The molecular formula is C13H16Cl2O. The number of hydrogen-bond acceptors (Lipinski definition) is 1. The molecule has 3 heteroatoms. The molecule has 0 aliphatic rings. The molecular weight excluding hydrogens is 243 g/mol. The number of allylic oxidation sites excluding steroid dienone is 2. The van der Waals surface area contributed by atoms with E-state index < -0.39 is 0 Å². The molecule has 1 aromatic rings. The number of methoxy groups -OCH3 is 1. The average molecular weight is 259 g/mol. The molecule has 0 aliphatic carbocycles. The molecule has 0 bridgehead atoms. The van der Waals surface area contributed by atoms with E-state index in [1.165, 1.54) is 0 Å². The maximum atomic E-state index is 6.09. The minimum absolute atomic E-state index is 0.336. The van der Waals surface area contributed by atoms with Crippen molar-refractivity contribution in [1.82, 2.24) is 0 Å². The quantitative estimate of drug-likeness (QED) is 0.686. The van der Waals surface area contributed by atoms with E-state index in [1.807, 2.05) is 19.1 Å². The fraction of sp³-hybridized carbons (Fsp3) is 0.385. The summed E-state index contributed by atoms with van der Waals surface area (Å²) in [4.78, 5) is 0. The zero-order valence-corrected chi connectivity index (χ0v) is 11.3. The number of halogens is 2. The highest BCUT2D eigenvalue weighted by atomic mass is 35.5. The lowest BCUT2D eigenvalue weighted by Gasteiger charge is -2.16. The van der Waals surface area contributed by atoms with Crippen LogP contribution in [0.3, 0.4) is 0 Å². The molecule has 0 spiro atoms. The molecule has 0 radical (unpaired) electrons. The molecule has 88 valence electrons. The van der Waals surface area contributed by atoms with Crippen LogP contribution in [0.15, 0.2) is 24.3 Å². The van der Waals surface area contributed by atoms with Gasteiger partial charge in [-0.15, -0.1) is 0 Å². The molecule has 1 aromatic carbocycles. The van der Waals surface area contributed by atoms with Gasteiger partial charge in [-0.25, -0.2) is 0 Å². The minimum Gasteiger partial charge on any atom is -0.495 e. The summed E-state index contributed by atoms with van der Waals surface area (Å²) in [6, 6.07) is 3.62. The summed E-state index contributed by atoms with van der Waals surface area (Å²) in [6.45, 7) is 4.14. The Bertz CT molecular complexity index is 386. The smallest absolute Gasteiger partial charge is 0.141 e. The Balaban J connectivity index is 3.09. The molecule has 0 fully saturated rings. The molecule has 1 rings (SSSR count). The molecule has 1 nitrogen and oxygen atoms in total. The van der Waals surface area contributed by atoms with Crippen LogP contribution in [-0.2, 0) is 0 Å². The second kappa shape index (κ2) is 6.17. The van der Waals surface area contributed by atoms with Gasteiger partial charge in [0.25, 0.3) is 0 Å². The van der Waals surface area contributed by atoms with Crippen molar-refractivity contribution in [2.75, 3.05) is 7.11 Å². The maximum Gasteiger partial charge on any atom is 0.141 e. The highest BCUT2D eigenvalue weighted by Crippen LogP contribution is 2.37. The van der Waals surface area contributed by atoms with Crippen molar-refractivity contribution in [3.63, 3.8) is 0 Å². The molecule has 16 heavy (non-hydrogen) atoms. The van der Waals surface area contributed by atoms with Gasteiger partial charge in [0, 0.05) is 10.6 Å². The first-order valence-electron chi connectivity index (χ1n) is 5.24. The first kappa shape index (κ1) is 13.4. The van der Waals surface area contributed by atoms with E-state index in [9.17, 15) is 0 Å². The Morgan fingerprint density at radius 3 is 2.62 bits per heavy atom. The third-order valence-corrected chi connectivity index (χ3v) is 3.00. The largest absolute Gasteiger partial charge is 0.495 e. The Labute approximate surface area is 107 Å². The Hall–Kier alpha value is -0.660. The standard InChI is InChI=1S/C13H16Cl2O/c1-4-5-6-9(2)11-7-10(14)8-12(15)13(11)16-3/h4-5,7-9H,6H2,1-3H3/b5-4-. The van der Waals surface area contributed by atoms with E-state index in [2.05, 4.69) is 13.0 Å². The van der Waals surface area contributed by atoms with E-state index in [0.717, 1.165) is 17.7 Å². The lowest BCUT2D eigenvalue weighted by Crippen LogP contribution is -1.97. The highest BCUT2D eigenvalue weighted by Gasteiger charge is 2.14. The molecule has 0 aliphatic heterocycles. The van der Waals surface area contributed by atoms with Gasteiger partial charge < -0.3 is 4.74 Å². The van der Waals surface area contributed by atoms with Crippen molar-refractivity contribution in [1.29, 1.82) is 0 Å². The van der Waals surface area contributed by atoms with Gasteiger partial charge in [-0.2, -0.15) is 0 Å². The van der Waals surface area contributed by atoms with Gasteiger partial charge in [0.1, 0.15) is 5.75 Å². The predicted molar refractivity (Wildman–Crippen MR) is 70.9 cm³/mol. The summed E-state index contributed by atoms with van der Waals surface area (Å²) in [6.07, 6.45) is 5.11. The van der Waals surface area contributed by atoms with Crippen molar-refractivity contribution in [2.45, 2.75) is 26.2 Å². The molecule has 0 amide bonds. The summed E-state index contributed by atoms with van der Waals surface area (Å²) >= 11 is 12.1. The number of hydrogen-bond donors (Lipinski definition) is 0. The van der Waals surface area contributed by atoms with E-state index in [1.54, 1.807) is 13.2 Å². The molecule has 0 saturated carbocycles. The summed E-state index contributed by atoms with van der Waals surface area (Å²) in [5.41, 5.74) is 1.05. The summed E-state index contributed by atoms with van der Waals surface area (Å²) < 4.78 is 5.32. The predicted octanol–water partition coefficient (Wildman–Crippen LogP) is 5.07. The summed E-state index contributed by atoms with van der Waals surface area (Å²) in [5.74, 6) is 1.06. The first-order valence-corrected chi connectivity index (χ1v) is 5.99. The SMILES string of the molecule is C/C=C\CC(C)c1cc(Cl)cc(Cl)c1OC. The van der Waals surface area contributed by atoms with E-state index >= 15 is 0 Å². The minimum atomic E-state index is 0.336. The van der Waals surface area contributed by atoms with Gasteiger partial charge in [0.05, 0.1) is 12.1 Å². The first-order chi connectivity index (χ1) is 7.60. The van der Waals surface area contributed by atoms with Crippen molar-refractivity contribution < 1.29 is 4.74 Å². The van der Waals surface area contributed by atoms with Crippen molar-refractivity contribution in [2.24, 2.45) is 0 Å². The molecule has 1 atom stereocenters. The van der Waals surface area contributed by atoms with Crippen molar-refractivity contribution >= 4 is 23.2 Å². The van der Waals surface area contributed by atoms with E-state index in [-0.39, 0.29) is 0 Å². The van der Waals surface area contributed by atoms with Gasteiger partial charge in [0.15, 0.2) is 0 Å². The van der Waals surface area contributed by atoms with Crippen LogP contribution in [0.4, 0.5) is 0 Å². The van der Waals surface area contributed by atoms with Crippen LogP contribution < -0.4 is 4.74 Å². The molecule has 0 N–H and O–H groups in total. The van der Waals surface area contributed by atoms with Crippen LogP contribution in [0.5, 0.6) is 5.75 Å². The van der Waals surface area contributed by atoms with Crippen LogP contribution >= 0.6 is 23.2 Å². The van der Waals surface area contributed by atoms with Crippen molar-refractivity contribution in [3.8, 4) is 5.75 Å². The molecule has 0 saturated heterocycles.